The van der Waals surface area contributed by atoms with Crippen LogP contribution in [0.5, 0.6) is 0 Å². The van der Waals surface area contributed by atoms with Crippen molar-refractivity contribution in [1.82, 2.24) is 0 Å². The molecule has 5 nitrogen and oxygen atoms in total. The first-order valence-electron chi connectivity index (χ1n) is 15.8. The maximum atomic E-state index is 11.9. The number of quaternary nitrogens is 1. The van der Waals surface area contributed by atoms with Crippen molar-refractivity contribution in [1.29, 1.82) is 0 Å². The third-order valence-electron chi connectivity index (χ3n) is 6.89. The Kier molecular flexibility index (Phi) is 25.9. The van der Waals surface area contributed by atoms with Crippen molar-refractivity contribution < 1.29 is 23.0 Å². The number of nitrogens with zero attached hydrogens (tertiary/aromatic N) is 1. The fraction of sp³-hybridized carbons (Fsp3) is 0.935. The highest BCUT2D eigenvalue weighted by Crippen LogP contribution is 2.43. The zero-order valence-corrected chi connectivity index (χ0v) is 26.3. The number of phosphoric acid groups is 1. The molecule has 0 saturated heterocycles. The summed E-state index contributed by atoms with van der Waals surface area (Å²) in [6.07, 6.45) is 32.1. The van der Waals surface area contributed by atoms with Gasteiger partial charge in [0.25, 0.3) is 0 Å². The van der Waals surface area contributed by atoms with Gasteiger partial charge in [0.1, 0.15) is 0 Å². The molecule has 1 N–H and O–H groups in total. The van der Waals surface area contributed by atoms with Crippen molar-refractivity contribution in [3.63, 3.8) is 0 Å². The van der Waals surface area contributed by atoms with Crippen LogP contribution in [0.15, 0.2) is 12.2 Å². The quantitative estimate of drug-likeness (QED) is 0.0439. The highest BCUT2D eigenvalue weighted by molar-refractivity contribution is 7.47. The van der Waals surface area contributed by atoms with Crippen molar-refractivity contribution in [3.8, 4) is 0 Å². The topological polar surface area (TPSA) is 55.8 Å². The fourth-order valence-electron chi connectivity index (χ4n) is 4.50. The van der Waals surface area contributed by atoms with Crippen LogP contribution in [0.2, 0.25) is 0 Å². The molecule has 6 heteroatoms. The maximum absolute atomic E-state index is 11.9. The van der Waals surface area contributed by atoms with Gasteiger partial charge in [-0.2, -0.15) is 0 Å². The summed E-state index contributed by atoms with van der Waals surface area (Å²) in [6, 6.07) is 0. The third kappa shape index (κ3) is 31.9. The monoisotopic (exact) mass is 546 g/mol. The van der Waals surface area contributed by atoms with E-state index in [2.05, 4.69) is 40.2 Å². The molecule has 0 aromatic heterocycles. The van der Waals surface area contributed by atoms with Crippen LogP contribution in [0.3, 0.4) is 0 Å². The Labute approximate surface area is 232 Å². The molecular weight excluding hydrogens is 481 g/mol. The lowest BCUT2D eigenvalue weighted by Crippen LogP contribution is -2.35. The van der Waals surface area contributed by atoms with E-state index in [1.54, 1.807) is 0 Å². The largest absolute Gasteiger partial charge is 0.472 e. The van der Waals surface area contributed by atoms with Gasteiger partial charge < -0.3 is 9.38 Å². The van der Waals surface area contributed by atoms with E-state index in [1.807, 2.05) is 0 Å². The Hall–Kier alpha value is -0.190. The first kappa shape index (κ1) is 36.8. The molecule has 0 fully saturated rings. The van der Waals surface area contributed by atoms with Crippen molar-refractivity contribution in [2.75, 3.05) is 40.9 Å². The van der Waals surface area contributed by atoms with E-state index in [0.717, 1.165) is 43.1 Å². The molecule has 0 radical (unpaired) electrons. The molecule has 0 aliphatic carbocycles. The molecule has 0 saturated carbocycles. The summed E-state index contributed by atoms with van der Waals surface area (Å²) in [5.74, 6) is 0. The number of allylic oxidation sites excluding steroid dienone is 2. The molecule has 0 aliphatic heterocycles. The average molecular weight is 547 g/mol. The number of rotatable bonds is 29. The van der Waals surface area contributed by atoms with Gasteiger partial charge in [0, 0.05) is 0 Å². The second-order valence-corrected chi connectivity index (χ2v) is 13.4. The van der Waals surface area contributed by atoms with Crippen LogP contribution in [-0.4, -0.2) is 50.3 Å². The molecule has 1 atom stereocenters. The number of hydrogen-bond acceptors (Lipinski definition) is 3. The fourth-order valence-corrected chi connectivity index (χ4v) is 5.29. The van der Waals surface area contributed by atoms with Gasteiger partial charge in [0.15, 0.2) is 0 Å². The van der Waals surface area contributed by atoms with Gasteiger partial charge in [-0.15, -0.1) is 0 Å². The van der Waals surface area contributed by atoms with Crippen molar-refractivity contribution in [2.24, 2.45) is 0 Å². The molecule has 0 aliphatic rings. The van der Waals surface area contributed by atoms with E-state index in [4.69, 9.17) is 9.05 Å². The van der Waals surface area contributed by atoms with Crippen LogP contribution in [0.25, 0.3) is 0 Å². The zero-order valence-electron chi connectivity index (χ0n) is 25.4. The van der Waals surface area contributed by atoms with Crippen LogP contribution in [0.4, 0.5) is 0 Å². The molecule has 222 valence electrons. The lowest BCUT2D eigenvalue weighted by molar-refractivity contribution is -0.870. The van der Waals surface area contributed by atoms with E-state index in [1.165, 1.54) is 109 Å². The number of unbranched alkanes of at least 4 members (excludes halogenated alkanes) is 19. The smallest absolute Gasteiger partial charge is 0.331 e. The molecule has 0 spiro atoms. The Balaban J connectivity index is 3.32. The molecule has 0 bridgehead atoms. The summed E-state index contributed by atoms with van der Waals surface area (Å²) in [4.78, 5) is 9.79. The molecule has 1 unspecified atom stereocenters. The minimum Gasteiger partial charge on any atom is -0.331 e. The van der Waals surface area contributed by atoms with Gasteiger partial charge in [-0.3, -0.25) is 9.05 Å². The summed E-state index contributed by atoms with van der Waals surface area (Å²) >= 11 is 0. The van der Waals surface area contributed by atoms with Crippen LogP contribution in [0.1, 0.15) is 148 Å². The van der Waals surface area contributed by atoms with Crippen molar-refractivity contribution >= 4 is 7.82 Å². The Bertz CT molecular complexity index is 548. The van der Waals surface area contributed by atoms with Crippen LogP contribution in [0, 0.1) is 0 Å². The Morgan fingerprint density at radius 2 is 0.919 bits per heavy atom. The standard InChI is InChI=1S/C31H64NO4P/c1-5-6-7-8-9-10-11-12-13-14-15-16-17-18-19-20-21-22-24-27-30-35-37(33,34)36-31-28-25-23-26-29-32(2,3)4/h12-13H,5-11,14-31H2,1-4H3/p+1/b13-12-. The SMILES string of the molecule is CCCCCCCC/C=C\CCCCCCCCCCCCOP(=O)(O)OCCCCCC[N+](C)(C)C. The number of hydrogen-bond donors (Lipinski definition) is 1. The lowest BCUT2D eigenvalue weighted by Gasteiger charge is -2.23. The number of phosphoric ester groups is 1. The first-order chi connectivity index (χ1) is 17.8. The van der Waals surface area contributed by atoms with Crippen LogP contribution in [-0.2, 0) is 13.6 Å². The third-order valence-corrected chi connectivity index (χ3v) is 7.91. The summed E-state index contributed by atoms with van der Waals surface area (Å²) < 4.78 is 23.1. The Morgan fingerprint density at radius 3 is 1.32 bits per heavy atom. The van der Waals surface area contributed by atoms with Gasteiger partial charge in [-0.05, 0) is 51.4 Å². The highest BCUT2D eigenvalue weighted by atomic mass is 31.2. The van der Waals surface area contributed by atoms with Crippen LogP contribution >= 0.6 is 7.82 Å². The average Bonchev–Trinajstić information content (AvgIpc) is 2.83. The van der Waals surface area contributed by atoms with Gasteiger partial charge >= 0.3 is 7.82 Å². The summed E-state index contributed by atoms with van der Waals surface area (Å²) in [6.45, 7) is 4.04. The highest BCUT2D eigenvalue weighted by Gasteiger charge is 2.20. The summed E-state index contributed by atoms with van der Waals surface area (Å²) in [5, 5.41) is 0. The van der Waals surface area contributed by atoms with Gasteiger partial charge in [0.2, 0.25) is 0 Å². The minimum absolute atomic E-state index is 0.300. The Morgan fingerprint density at radius 1 is 0.568 bits per heavy atom. The summed E-state index contributed by atoms with van der Waals surface area (Å²) in [7, 11) is 2.71. The molecule has 0 rings (SSSR count). The van der Waals surface area contributed by atoms with Gasteiger partial charge in [-0.1, -0.05) is 109 Å². The summed E-state index contributed by atoms with van der Waals surface area (Å²) in [5.41, 5.74) is 0. The second kappa shape index (κ2) is 26.1. The molecule has 0 heterocycles. The maximum Gasteiger partial charge on any atom is 0.472 e. The normalized spacial score (nSPS) is 14.0. The molecule has 37 heavy (non-hydrogen) atoms. The van der Waals surface area contributed by atoms with E-state index in [9.17, 15) is 9.46 Å². The van der Waals surface area contributed by atoms with Crippen molar-refractivity contribution in [3.05, 3.63) is 12.2 Å². The van der Waals surface area contributed by atoms with E-state index in [-0.39, 0.29) is 0 Å². The zero-order chi connectivity index (χ0) is 27.5. The van der Waals surface area contributed by atoms with Gasteiger partial charge in [0.05, 0.1) is 40.9 Å². The molecule has 0 amide bonds. The minimum atomic E-state index is -3.88. The second-order valence-electron chi connectivity index (χ2n) is 11.9. The predicted octanol–water partition coefficient (Wildman–Crippen LogP) is 9.98. The predicted molar refractivity (Wildman–Crippen MR) is 161 cm³/mol. The molecule has 0 aromatic rings. The van der Waals surface area contributed by atoms with Crippen LogP contribution < -0.4 is 0 Å². The lowest BCUT2D eigenvalue weighted by atomic mass is 10.1. The first-order valence-corrected chi connectivity index (χ1v) is 17.3. The molecular formula is C31H65NO4P+. The van der Waals surface area contributed by atoms with E-state index < -0.39 is 7.82 Å². The molecule has 0 aromatic carbocycles. The van der Waals surface area contributed by atoms with Crippen molar-refractivity contribution in [2.45, 2.75) is 148 Å². The van der Waals surface area contributed by atoms with E-state index in [0.29, 0.717) is 13.2 Å². The van der Waals surface area contributed by atoms with E-state index >= 15 is 0 Å². The van der Waals surface area contributed by atoms with Gasteiger partial charge in [-0.25, -0.2) is 4.57 Å².